The summed E-state index contributed by atoms with van der Waals surface area (Å²) in [6, 6.07) is 3.09. The van der Waals surface area contributed by atoms with Gasteiger partial charge in [-0.2, -0.15) is 0 Å². The van der Waals surface area contributed by atoms with E-state index in [1.165, 1.54) is 13.2 Å². The first-order valence-electron chi connectivity index (χ1n) is 4.52. The molecule has 0 saturated heterocycles. The highest BCUT2D eigenvalue weighted by atomic mass is 35.5. The van der Waals surface area contributed by atoms with Gasteiger partial charge in [-0.3, -0.25) is 0 Å². The Morgan fingerprint density at radius 2 is 2.20 bits per heavy atom. The van der Waals surface area contributed by atoms with E-state index >= 15 is 0 Å². The third kappa shape index (κ3) is 2.99. The highest BCUT2D eigenvalue weighted by Crippen LogP contribution is 2.33. The van der Waals surface area contributed by atoms with Crippen molar-refractivity contribution in [2.45, 2.75) is 12.5 Å². The summed E-state index contributed by atoms with van der Waals surface area (Å²) < 4.78 is 4.93. The van der Waals surface area contributed by atoms with Gasteiger partial charge in [-0.15, -0.1) is 0 Å². The maximum absolute atomic E-state index is 9.72. The molecule has 0 amide bonds. The molecule has 0 spiro atoms. The summed E-state index contributed by atoms with van der Waals surface area (Å²) in [7, 11) is 1.44. The second-order valence-corrected chi connectivity index (χ2v) is 3.65. The molecule has 15 heavy (non-hydrogen) atoms. The Kier molecular flexibility index (Phi) is 4.20. The second kappa shape index (κ2) is 5.21. The summed E-state index contributed by atoms with van der Waals surface area (Å²) in [6.07, 6.45) is -0.446. The zero-order valence-corrected chi connectivity index (χ0v) is 9.16. The number of halogens is 1. The van der Waals surface area contributed by atoms with Crippen molar-refractivity contribution >= 4 is 11.6 Å². The fraction of sp³-hybridized carbons (Fsp3) is 0.400. The van der Waals surface area contributed by atoms with Crippen molar-refractivity contribution in [3.8, 4) is 11.5 Å². The van der Waals surface area contributed by atoms with Crippen LogP contribution in [-0.2, 0) is 6.42 Å². The summed E-state index contributed by atoms with van der Waals surface area (Å²) in [6.45, 7) is 0.133. The lowest BCUT2D eigenvalue weighted by atomic mass is 10.1. The van der Waals surface area contributed by atoms with E-state index in [9.17, 15) is 10.2 Å². The summed E-state index contributed by atoms with van der Waals surface area (Å²) in [5.74, 6) is 0.288. The molecule has 1 rings (SSSR count). The van der Waals surface area contributed by atoms with E-state index in [-0.39, 0.29) is 18.7 Å². The first-order chi connectivity index (χ1) is 7.08. The van der Waals surface area contributed by atoms with E-state index in [4.69, 9.17) is 22.1 Å². The summed E-state index contributed by atoms with van der Waals surface area (Å²) in [5, 5.41) is 19.5. The SMILES string of the molecule is COc1cc(Cl)cc(CC(O)CN)c1O. The van der Waals surface area contributed by atoms with Gasteiger partial charge in [-0.05, 0) is 6.07 Å². The highest BCUT2D eigenvalue weighted by Gasteiger charge is 2.12. The second-order valence-electron chi connectivity index (χ2n) is 3.21. The molecule has 0 aliphatic carbocycles. The lowest BCUT2D eigenvalue weighted by Gasteiger charge is -2.12. The van der Waals surface area contributed by atoms with Crippen LogP contribution in [0.5, 0.6) is 11.5 Å². The Hall–Kier alpha value is -0.970. The van der Waals surface area contributed by atoms with Crippen LogP contribution in [0.3, 0.4) is 0 Å². The summed E-state index contributed by atoms with van der Waals surface area (Å²) >= 11 is 5.82. The van der Waals surface area contributed by atoms with Gasteiger partial charge in [0, 0.05) is 29.6 Å². The number of hydrogen-bond donors (Lipinski definition) is 3. The van der Waals surface area contributed by atoms with Gasteiger partial charge in [0.1, 0.15) is 0 Å². The fourth-order valence-electron chi connectivity index (χ4n) is 1.28. The van der Waals surface area contributed by atoms with E-state index < -0.39 is 6.10 Å². The minimum atomic E-state index is -0.695. The molecule has 0 aliphatic heterocycles. The Bertz CT molecular complexity index is 344. The highest BCUT2D eigenvalue weighted by molar-refractivity contribution is 6.30. The third-order valence-corrected chi connectivity index (χ3v) is 2.28. The smallest absolute Gasteiger partial charge is 0.162 e. The Morgan fingerprint density at radius 1 is 1.53 bits per heavy atom. The van der Waals surface area contributed by atoms with Crippen LogP contribution in [0, 0.1) is 0 Å². The molecule has 0 saturated carbocycles. The molecule has 0 bridgehead atoms. The van der Waals surface area contributed by atoms with Crippen molar-refractivity contribution in [1.29, 1.82) is 0 Å². The molecular weight excluding hydrogens is 218 g/mol. The number of methoxy groups -OCH3 is 1. The minimum Gasteiger partial charge on any atom is -0.504 e. The lowest BCUT2D eigenvalue weighted by Crippen LogP contribution is -2.22. The quantitative estimate of drug-likeness (QED) is 0.720. The Morgan fingerprint density at radius 3 is 2.73 bits per heavy atom. The van der Waals surface area contributed by atoms with Gasteiger partial charge in [0.2, 0.25) is 0 Å². The molecule has 4 N–H and O–H groups in total. The molecular formula is C10H14ClNO3. The monoisotopic (exact) mass is 231 g/mol. The van der Waals surface area contributed by atoms with Crippen molar-refractivity contribution < 1.29 is 14.9 Å². The van der Waals surface area contributed by atoms with Gasteiger partial charge in [-0.25, -0.2) is 0 Å². The summed E-state index contributed by atoms with van der Waals surface area (Å²) in [4.78, 5) is 0. The number of phenolic OH excluding ortho intramolecular Hbond substituents is 1. The van der Waals surface area contributed by atoms with E-state index in [1.54, 1.807) is 6.07 Å². The average molecular weight is 232 g/mol. The average Bonchev–Trinajstić information content (AvgIpc) is 2.22. The van der Waals surface area contributed by atoms with Gasteiger partial charge in [0.05, 0.1) is 13.2 Å². The van der Waals surface area contributed by atoms with Crippen LogP contribution in [-0.4, -0.2) is 30.0 Å². The molecule has 4 nitrogen and oxygen atoms in total. The number of benzene rings is 1. The molecule has 0 aliphatic rings. The maximum Gasteiger partial charge on any atom is 0.162 e. The van der Waals surface area contributed by atoms with Crippen molar-refractivity contribution in [2.24, 2.45) is 5.73 Å². The van der Waals surface area contributed by atoms with Gasteiger partial charge in [0.25, 0.3) is 0 Å². The number of ether oxygens (including phenoxy) is 1. The van der Waals surface area contributed by atoms with E-state index in [0.717, 1.165) is 0 Å². The molecule has 0 aromatic heterocycles. The van der Waals surface area contributed by atoms with Crippen LogP contribution >= 0.6 is 11.6 Å². The van der Waals surface area contributed by atoms with Gasteiger partial charge in [-0.1, -0.05) is 11.6 Å². The molecule has 5 heteroatoms. The first kappa shape index (κ1) is 12.1. The van der Waals surface area contributed by atoms with Crippen LogP contribution < -0.4 is 10.5 Å². The van der Waals surface area contributed by atoms with Crippen LogP contribution in [0.4, 0.5) is 0 Å². The van der Waals surface area contributed by atoms with Gasteiger partial charge >= 0.3 is 0 Å². The number of aliphatic hydroxyl groups excluding tert-OH is 1. The molecule has 1 unspecified atom stereocenters. The molecule has 1 aromatic rings. The van der Waals surface area contributed by atoms with Crippen molar-refractivity contribution in [1.82, 2.24) is 0 Å². The number of hydrogen-bond acceptors (Lipinski definition) is 4. The van der Waals surface area contributed by atoms with E-state index in [2.05, 4.69) is 0 Å². The molecule has 0 fully saturated rings. The molecule has 0 heterocycles. The maximum atomic E-state index is 9.72. The van der Waals surface area contributed by atoms with Crippen molar-refractivity contribution in [3.05, 3.63) is 22.7 Å². The number of nitrogens with two attached hydrogens (primary N) is 1. The molecule has 1 atom stereocenters. The van der Waals surface area contributed by atoms with Crippen LogP contribution in [0.25, 0.3) is 0 Å². The summed E-state index contributed by atoms with van der Waals surface area (Å²) in [5.41, 5.74) is 5.81. The third-order valence-electron chi connectivity index (χ3n) is 2.07. The number of phenols is 1. The number of rotatable bonds is 4. The fourth-order valence-corrected chi connectivity index (χ4v) is 1.51. The topological polar surface area (TPSA) is 75.7 Å². The van der Waals surface area contributed by atoms with Crippen molar-refractivity contribution in [3.63, 3.8) is 0 Å². The van der Waals surface area contributed by atoms with Crippen LogP contribution in [0.1, 0.15) is 5.56 Å². The van der Waals surface area contributed by atoms with E-state index in [1.807, 2.05) is 0 Å². The number of aliphatic hydroxyl groups is 1. The predicted octanol–water partition coefficient (Wildman–Crippen LogP) is 0.916. The lowest BCUT2D eigenvalue weighted by molar-refractivity contribution is 0.182. The zero-order chi connectivity index (χ0) is 11.4. The first-order valence-corrected chi connectivity index (χ1v) is 4.89. The number of aromatic hydroxyl groups is 1. The van der Waals surface area contributed by atoms with Gasteiger partial charge in [0.15, 0.2) is 11.5 Å². The van der Waals surface area contributed by atoms with E-state index in [0.29, 0.717) is 16.3 Å². The Labute approximate surface area is 93.2 Å². The molecule has 1 aromatic carbocycles. The van der Waals surface area contributed by atoms with Crippen LogP contribution in [0.2, 0.25) is 5.02 Å². The Balaban J connectivity index is 3.01. The predicted molar refractivity (Wildman–Crippen MR) is 58.4 cm³/mol. The molecule has 84 valence electrons. The normalized spacial score (nSPS) is 12.5. The van der Waals surface area contributed by atoms with Gasteiger partial charge < -0.3 is 20.7 Å². The van der Waals surface area contributed by atoms with Crippen LogP contribution in [0.15, 0.2) is 12.1 Å². The van der Waals surface area contributed by atoms with Crippen molar-refractivity contribution in [2.75, 3.05) is 13.7 Å². The zero-order valence-electron chi connectivity index (χ0n) is 8.40. The minimum absolute atomic E-state index is 0.00519. The largest absolute Gasteiger partial charge is 0.504 e. The molecule has 0 radical (unpaired) electrons. The standard InChI is InChI=1S/C10H14ClNO3/c1-15-9-4-7(11)2-6(10(9)14)3-8(13)5-12/h2,4,8,13-14H,3,5,12H2,1H3.